The van der Waals surface area contributed by atoms with Gasteiger partial charge in [-0.2, -0.15) is 0 Å². The molecule has 0 N–H and O–H groups in total. The zero-order chi connectivity index (χ0) is 6.24. The number of carbonyl (C=O) groups is 1. The molecule has 0 aliphatic rings. The maximum atomic E-state index is 9.66. The minimum absolute atomic E-state index is 0.781. The van der Waals surface area contributed by atoms with Gasteiger partial charge in [0.25, 0.3) is 0 Å². The first-order valence-corrected chi connectivity index (χ1v) is 2.63. The molecule has 0 aromatic carbocycles. The molecule has 1 nitrogen and oxygen atoms in total. The van der Waals surface area contributed by atoms with E-state index >= 15 is 0 Å². The molecule has 1 heteroatoms. The summed E-state index contributed by atoms with van der Waals surface area (Å²) in [6.07, 6.45) is 8.89. The van der Waals surface area contributed by atoms with Crippen molar-refractivity contribution in [3.63, 3.8) is 0 Å². The van der Waals surface area contributed by atoms with Crippen molar-refractivity contribution in [1.29, 1.82) is 0 Å². The van der Waals surface area contributed by atoms with Crippen LogP contribution < -0.4 is 0 Å². The Hall–Kier alpha value is -0.850. The van der Waals surface area contributed by atoms with Gasteiger partial charge in [0.05, 0.1) is 0 Å². The summed E-state index contributed by atoms with van der Waals surface area (Å²) >= 11 is 0. The number of allylic oxidation sites excluding steroid dienone is 4. The molecule has 0 rings (SSSR count). The molecule has 0 spiro atoms. The molecule has 0 heterocycles. The fourth-order valence-corrected chi connectivity index (χ4v) is 0.349. The van der Waals surface area contributed by atoms with Gasteiger partial charge in [-0.05, 0) is 19.4 Å². The monoisotopic (exact) mass is 110 g/mol. The van der Waals surface area contributed by atoms with Crippen LogP contribution in [0.2, 0.25) is 0 Å². The van der Waals surface area contributed by atoms with E-state index in [1.807, 2.05) is 25.2 Å². The Morgan fingerprint density at radius 3 is 2.62 bits per heavy atom. The lowest BCUT2D eigenvalue weighted by atomic mass is 10.3. The van der Waals surface area contributed by atoms with E-state index in [9.17, 15) is 4.79 Å². The highest BCUT2D eigenvalue weighted by Gasteiger charge is 1.64. The van der Waals surface area contributed by atoms with Crippen molar-refractivity contribution in [3.8, 4) is 0 Å². The van der Waals surface area contributed by atoms with Gasteiger partial charge in [0, 0.05) is 0 Å². The predicted molar refractivity (Wildman–Crippen MR) is 34.6 cm³/mol. The van der Waals surface area contributed by atoms with Gasteiger partial charge in [-0.25, -0.2) is 0 Å². The van der Waals surface area contributed by atoms with Crippen molar-refractivity contribution >= 4 is 6.29 Å². The van der Waals surface area contributed by atoms with Gasteiger partial charge in [-0.3, -0.25) is 4.79 Å². The van der Waals surface area contributed by atoms with Crippen LogP contribution in [0.1, 0.15) is 13.3 Å². The SMILES string of the molecule is CC=CCC=CC=O. The summed E-state index contributed by atoms with van der Waals surface area (Å²) in [6, 6.07) is 0. The van der Waals surface area contributed by atoms with Gasteiger partial charge in [0.15, 0.2) is 0 Å². The number of aldehydes is 1. The van der Waals surface area contributed by atoms with Crippen LogP contribution in [0.15, 0.2) is 24.3 Å². The fourth-order valence-electron chi connectivity index (χ4n) is 0.349. The average molecular weight is 110 g/mol. The highest BCUT2D eigenvalue weighted by molar-refractivity contribution is 5.64. The molecule has 0 aromatic rings. The molecule has 0 amide bonds. The van der Waals surface area contributed by atoms with Crippen LogP contribution in [-0.2, 0) is 4.79 Å². The van der Waals surface area contributed by atoms with E-state index in [-0.39, 0.29) is 0 Å². The predicted octanol–water partition coefficient (Wildman–Crippen LogP) is 1.71. The second-order valence-electron chi connectivity index (χ2n) is 1.37. The van der Waals surface area contributed by atoms with Crippen molar-refractivity contribution in [1.82, 2.24) is 0 Å². The Labute approximate surface area is 49.7 Å². The Balaban J connectivity index is 3.15. The first-order chi connectivity index (χ1) is 3.91. The number of hydrogen-bond donors (Lipinski definition) is 0. The molecule has 0 atom stereocenters. The highest BCUT2D eigenvalue weighted by Crippen LogP contribution is 1.82. The zero-order valence-electron chi connectivity index (χ0n) is 5.00. The van der Waals surface area contributed by atoms with Crippen LogP contribution in [0, 0.1) is 0 Å². The van der Waals surface area contributed by atoms with Crippen LogP contribution >= 0.6 is 0 Å². The second-order valence-corrected chi connectivity index (χ2v) is 1.37. The topological polar surface area (TPSA) is 17.1 Å². The van der Waals surface area contributed by atoms with E-state index < -0.39 is 0 Å². The van der Waals surface area contributed by atoms with Crippen LogP contribution in [-0.4, -0.2) is 6.29 Å². The fraction of sp³-hybridized carbons (Fsp3) is 0.286. The second kappa shape index (κ2) is 6.15. The molecule has 0 aromatic heterocycles. The third kappa shape index (κ3) is 5.15. The number of rotatable bonds is 3. The van der Waals surface area contributed by atoms with Crippen molar-refractivity contribution in [2.75, 3.05) is 0 Å². The largest absolute Gasteiger partial charge is 0.299 e. The first kappa shape index (κ1) is 7.15. The Morgan fingerprint density at radius 2 is 2.12 bits per heavy atom. The van der Waals surface area contributed by atoms with Gasteiger partial charge in [0.1, 0.15) is 6.29 Å². The first-order valence-electron chi connectivity index (χ1n) is 2.63. The van der Waals surface area contributed by atoms with E-state index in [4.69, 9.17) is 0 Å². The lowest BCUT2D eigenvalue weighted by molar-refractivity contribution is -0.104. The molecule has 0 aliphatic carbocycles. The van der Waals surface area contributed by atoms with E-state index in [0.29, 0.717) is 0 Å². The maximum absolute atomic E-state index is 9.66. The minimum atomic E-state index is 0.781. The summed E-state index contributed by atoms with van der Waals surface area (Å²) in [4.78, 5) is 9.66. The molecule has 0 bridgehead atoms. The summed E-state index contributed by atoms with van der Waals surface area (Å²) in [7, 11) is 0. The molecule has 0 saturated carbocycles. The molecule has 0 unspecified atom stereocenters. The third-order valence-electron chi connectivity index (χ3n) is 0.723. The minimum Gasteiger partial charge on any atom is -0.299 e. The normalized spacial score (nSPS) is 11.1. The summed E-state index contributed by atoms with van der Waals surface area (Å²) < 4.78 is 0. The van der Waals surface area contributed by atoms with Crippen LogP contribution in [0.3, 0.4) is 0 Å². The number of hydrogen-bond acceptors (Lipinski definition) is 1. The Morgan fingerprint density at radius 1 is 1.38 bits per heavy atom. The van der Waals surface area contributed by atoms with Crippen LogP contribution in [0.5, 0.6) is 0 Å². The summed E-state index contributed by atoms with van der Waals surface area (Å²) in [5, 5.41) is 0. The average Bonchev–Trinajstić information content (AvgIpc) is 1.81. The van der Waals surface area contributed by atoms with Gasteiger partial charge in [-0.15, -0.1) is 0 Å². The van der Waals surface area contributed by atoms with Gasteiger partial charge in [-0.1, -0.05) is 18.2 Å². The van der Waals surface area contributed by atoms with Crippen LogP contribution in [0.4, 0.5) is 0 Å². The molecule has 0 aliphatic heterocycles. The molecule has 8 heavy (non-hydrogen) atoms. The quantitative estimate of drug-likeness (QED) is 0.307. The van der Waals surface area contributed by atoms with Crippen LogP contribution in [0.25, 0.3) is 0 Å². The third-order valence-corrected chi connectivity index (χ3v) is 0.723. The van der Waals surface area contributed by atoms with Crippen molar-refractivity contribution < 1.29 is 4.79 Å². The van der Waals surface area contributed by atoms with E-state index in [1.54, 1.807) is 0 Å². The molecule has 44 valence electrons. The molecule has 0 saturated heterocycles. The standard InChI is InChI=1S/C7H10O/c1-2-3-4-5-6-7-8/h2-3,5-7H,4H2,1H3. The smallest absolute Gasteiger partial charge is 0.142 e. The van der Waals surface area contributed by atoms with Crippen molar-refractivity contribution in [2.45, 2.75) is 13.3 Å². The van der Waals surface area contributed by atoms with Gasteiger partial charge < -0.3 is 0 Å². The zero-order valence-corrected chi connectivity index (χ0v) is 5.00. The van der Waals surface area contributed by atoms with Crippen molar-refractivity contribution in [3.05, 3.63) is 24.3 Å². The maximum Gasteiger partial charge on any atom is 0.142 e. The van der Waals surface area contributed by atoms with E-state index in [2.05, 4.69) is 0 Å². The lowest BCUT2D eigenvalue weighted by Crippen LogP contribution is -1.59. The molecular formula is C7H10O. The molecular weight excluding hydrogens is 100 g/mol. The lowest BCUT2D eigenvalue weighted by Gasteiger charge is -1.73. The van der Waals surface area contributed by atoms with Crippen molar-refractivity contribution in [2.24, 2.45) is 0 Å². The van der Waals surface area contributed by atoms with Gasteiger partial charge in [0.2, 0.25) is 0 Å². The number of carbonyl (C=O) groups excluding carboxylic acids is 1. The summed E-state index contributed by atoms with van der Waals surface area (Å²) in [6.45, 7) is 1.95. The summed E-state index contributed by atoms with van der Waals surface area (Å²) in [5.74, 6) is 0. The Kier molecular flexibility index (Phi) is 5.50. The molecule has 0 fully saturated rings. The molecule has 0 radical (unpaired) electrons. The Bertz CT molecular complexity index is 101. The highest BCUT2D eigenvalue weighted by atomic mass is 16.1. The van der Waals surface area contributed by atoms with Gasteiger partial charge >= 0.3 is 0 Å². The summed E-state index contributed by atoms with van der Waals surface area (Å²) in [5.41, 5.74) is 0. The van der Waals surface area contributed by atoms with E-state index in [0.717, 1.165) is 12.7 Å². The van der Waals surface area contributed by atoms with E-state index in [1.165, 1.54) is 6.08 Å².